The molecule has 1 heterocycles. The number of anilines is 1. The number of hydrogen-bond acceptors (Lipinski definition) is 4. The summed E-state index contributed by atoms with van der Waals surface area (Å²) in [4.78, 5) is 12.7. The molecule has 1 aliphatic rings. The van der Waals surface area contributed by atoms with Gasteiger partial charge in [-0.2, -0.15) is 0 Å². The van der Waals surface area contributed by atoms with E-state index in [4.69, 9.17) is 21.1 Å². The van der Waals surface area contributed by atoms with Crippen molar-refractivity contribution in [1.82, 2.24) is 5.32 Å². The maximum Gasteiger partial charge on any atom is 0.241 e. The van der Waals surface area contributed by atoms with E-state index in [2.05, 4.69) is 24.5 Å². The molecule has 5 nitrogen and oxygen atoms in total. The highest BCUT2D eigenvalue weighted by atomic mass is 35.5. The number of amides is 1. The second-order valence-electron chi connectivity index (χ2n) is 7.46. The lowest BCUT2D eigenvalue weighted by molar-refractivity contribution is -0.118. The van der Waals surface area contributed by atoms with Crippen molar-refractivity contribution in [2.24, 2.45) is 5.92 Å². The molecule has 3 rings (SSSR count). The number of carbonyl (C=O) groups is 1. The summed E-state index contributed by atoms with van der Waals surface area (Å²) >= 11 is 6.05. The fourth-order valence-electron chi connectivity index (χ4n) is 3.24. The topological polar surface area (TPSA) is 59.6 Å². The van der Waals surface area contributed by atoms with Gasteiger partial charge in [0, 0.05) is 16.8 Å². The van der Waals surface area contributed by atoms with Gasteiger partial charge in [-0.05, 0) is 55.2 Å². The first-order chi connectivity index (χ1) is 13.3. The molecule has 0 radical (unpaired) electrons. The van der Waals surface area contributed by atoms with E-state index < -0.39 is 0 Å². The van der Waals surface area contributed by atoms with Crippen molar-refractivity contribution in [3.63, 3.8) is 0 Å². The third kappa shape index (κ3) is 4.78. The second kappa shape index (κ2) is 8.84. The highest BCUT2D eigenvalue weighted by Crippen LogP contribution is 2.34. The molecule has 0 spiro atoms. The zero-order valence-electron chi connectivity index (χ0n) is 16.7. The molecule has 0 saturated heterocycles. The van der Waals surface area contributed by atoms with Crippen LogP contribution in [0.15, 0.2) is 36.4 Å². The Labute approximate surface area is 171 Å². The van der Waals surface area contributed by atoms with E-state index in [9.17, 15) is 4.79 Å². The lowest BCUT2D eigenvalue weighted by Crippen LogP contribution is -2.41. The van der Waals surface area contributed by atoms with Gasteiger partial charge >= 0.3 is 0 Å². The molecule has 0 saturated carbocycles. The predicted molar refractivity (Wildman–Crippen MR) is 112 cm³/mol. The lowest BCUT2D eigenvalue weighted by atomic mass is 9.94. The van der Waals surface area contributed by atoms with Crippen molar-refractivity contribution < 1.29 is 14.3 Å². The van der Waals surface area contributed by atoms with E-state index in [-0.39, 0.29) is 23.9 Å². The van der Waals surface area contributed by atoms with Crippen molar-refractivity contribution in [2.45, 2.75) is 39.8 Å². The number of ether oxygens (including phenoxy) is 2. The summed E-state index contributed by atoms with van der Waals surface area (Å²) in [5.74, 6) is 1.70. The molecular weight excluding hydrogens is 376 g/mol. The van der Waals surface area contributed by atoms with Crippen molar-refractivity contribution in [3.8, 4) is 11.5 Å². The average molecular weight is 403 g/mol. The number of fused-ring (bicyclic) bond motifs is 1. The van der Waals surface area contributed by atoms with Gasteiger partial charge in [0.05, 0.1) is 6.04 Å². The maximum atomic E-state index is 12.7. The Morgan fingerprint density at radius 2 is 1.75 bits per heavy atom. The number of halogens is 1. The zero-order chi connectivity index (χ0) is 20.3. The third-order valence-corrected chi connectivity index (χ3v) is 5.11. The van der Waals surface area contributed by atoms with Crippen LogP contribution in [0, 0.1) is 12.8 Å². The van der Waals surface area contributed by atoms with Crippen molar-refractivity contribution in [1.29, 1.82) is 0 Å². The minimum atomic E-state index is -0.390. The monoisotopic (exact) mass is 402 g/mol. The number of aryl methyl sites for hydroxylation is 1. The number of carbonyl (C=O) groups excluding carboxylic acids is 1. The van der Waals surface area contributed by atoms with Crippen LogP contribution >= 0.6 is 11.6 Å². The number of rotatable bonds is 6. The Balaban J connectivity index is 1.73. The molecule has 2 aromatic carbocycles. The van der Waals surface area contributed by atoms with Crippen LogP contribution in [0.25, 0.3) is 0 Å². The summed E-state index contributed by atoms with van der Waals surface area (Å²) in [6, 6.07) is 11.0. The smallest absolute Gasteiger partial charge is 0.241 e. The standard InChI is InChI=1S/C22H27ClN2O3/c1-13(2)21(16-6-8-19-20(11-16)28-10-9-27-19)24-15(4)22(26)25-18-12-17(23)7-5-14(18)3/h5-8,11-13,15,21,24H,9-10H2,1-4H3,(H,25,26). The fourth-order valence-corrected chi connectivity index (χ4v) is 3.41. The summed E-state index contributed by atoms with van der Waals surface area (Å²) in [6.07, 6.45) is 0. The lowest BCUT2D eigenvalue weighted by Gasteiger charge is -2.28. The van der Waals surface area contributed by atoms with Gasteiger partial charge in [0.2, 0.25) is 5.91 Å². The molecule has 0 aliphatic carbocycles. The average Bonchev–Trinajstić information content (AvgIpc) is 2.68. The molecule has 2 unspecified atom stereocenters. The Kier molecular flexibility index (Phi) is 6.47. The first-order valence-electron chi connectivity index (χ1n) is 9.57. The third-order valence-electron chi connectivity index (χ3n) is 4.87. The molecule has 2 atom stereocenters. The van der Waals surface area contributed by atoms with Gasteiger partial charge in [0.15, 0.2) is 11.5 Å². The Morgan fingerprint density at radius 3 is 2.46 bits per heavy atom. The summed E-state index contributed by atoms with van der Waals surface area (Å²) < 4.78 is 11.3. The molecule has 1 amide bonds. The number of benzene rings is 2. The Morgan fingerprint density at radius 1 is 1.04 bits per heavy atom. The first kappa shape index (κ1) is 20.5. The predicted octanol–water partition coefficient (Wildman–Crippen LogP) is 4.73. The molecule has 28 heavy (non-hydrogen) atoms. The molecule has 0 bridgehead atoms. The zero-order valence-corrected chi connectivity index (χ0v) is 17.5. The number of hydrogen-bond donors (Lipinski definition) is 2. The summed E-state index contributed by atoms with van der Waals surface area (Å²) in [7, 11) is 0. The van der Waals surface area contributed by atoms with E-state index in [1.165, 1.54) is 0 Å². The van der Waals surface area contributed by atoms with Crippen LogP contribution < -0.4 is 20.1 Å². The van der Waals surface area contributed by atoms with Crippen LogP contribution in [0.5, 0.6) is 11.5 Å². The van der Waals surface area contributed by atoms with E-state index in [1.807, 2.05) is 44.2 Å². The van der Waals surface area contributed by atoms with Crippen molar-refractivity contribution in [2.75, 3.05) is 18.5 Å². The largest absolute Gasteiger partial charge is 0.486 e. The van der Waals surface area contributed by atoms with Gasteiger partial charge in [0.1, 0.15) is 13.2 Å². The van der Waals surface area contributed by atoms with Gasteiger partial charge in [-0.1, -0.05) is 37.6 Å². The van der Waals surface area contributed by atoms with E-state index in [0.717, 1.165) is 28.3 Å². The molecule has 150 valence electrons. The number of nitrogens with one attached hydrogen (secondary N) is 2. The quantitative estimate of drug-likeness (QED) is 0.733. The highest BCUT2D eigenvalue weighted by molar-refractivity contribution is 6.31. The molecule has 2 aromatic rings. The van der Waals surface area contributed by atoms with Crippen molar-refractivity contribution in [3.05, 3.63) is 52.5 Å². The molecule has 1 aliphatic heterocycles. The van der Waals surface area contributed by atoms with E-state index in [1.54, 1.807) is 6.07 Å². The Hall–Kier alpha value is -2.24. The van der Waals surface area contributed by atoms with Crippen LogP contribution in [0.1, 0.15) is 37.9 Å². The maximum absolute atomic E-state index is 12.7. The van der Waals surface area contributed by atoms with Crippen LogP contribution in [0.2, 0.25) is 5.02 Å². The normalized spacial score (nSPS) is 15.2. The highest BCUT2D eigenvalue weighted by Gasteiger charge is 2.24. The van der Waals surface area contributed by atoms with Gasteiger partial charge in [-0.15, -0.1) is 0 Å². The van der Waals surface area contributed by atoms with E-state index in [0.29, 0.717) is 18.2 Å². The SMILES string of the molecule is Cc1ccc(Cl)cc1NC(=O)C(C)NC(c1ccc2c(c1)OCCO2)C(C)C. The van der Waals surface area contributed by atoms with Gasteiger partial charge < -0.3 is 14.8 Å². The Bertz CT molecular complexity index is 854. The minimum Gasteiger partial charge on any atom is -0.486 e. The summed E-state index contributed by atoms with van der Waals surface area (Å²) in [6.45, 7) is 9.17. The minimum absolute atomic E-state index is 0.00275. The van der Waals surface area contributed by atoms with Gasteiger partial charge in [-0.25, -0.2) is 0 Å². The van der Waals surface area contributed by atoms with Crippen molar-refractivity contribution >= 4 is 23.2 Å². The molecule has 2 N–H and O–H groups in total. The van der Waals surface area contributed by atoms with Crippen LogP contribution in [0.4, 0.5) is 5.69 Å². The molecular formula is C22H27ClN2O3. The molecule has 6 heteroatoms. The van der Waals surface area contributed by atoms with Crippen LogP contribution in [-0.2, 0) is 4.79 Å². The van der Waals surface area contributed by atoms with Gasteiger partial charge in [0.25, 0.3) is 0 Å². The second-order valence-corrected chi connectivity index (χ2v) is 7.90. The van der Waals surface area contributed by atoms with E-state index >= 15 is 0 Å². The summed E-state index contributed by atoms with van der Waals surface area (Å²) in [5.41, 5.74) is 2.77. The molecule has 0 fully saturated rings. The molecule has 0 aromatic heterocycles. The van der Waals surface area contributed by atoms with Crippen LogP contribution in [-0.4, -0.2) is 25.2 Å². The summed E-state index contributed by atoms with van der Waals surface area (Å²) in [5, 5.41) is 7.01. The fraction of sp³-hybridized carbons (Fsp3) is 0.409. The van der Waals surface area contributed by atoms with Gasteiger partial charge in [-0.3, -0.25) is 10.1 Å². The first-order valence-corrected chi connectivity index (χ1v) is 9.95. The van der Waals surface area contributed by atoms with Crippen LogP contribution in [0.3, 0.4) is 0 Å².